The molecule has 1 unspecified atom stereocenters. The fourth-order valence-electron chi connectivity index (χ4n) is 3.31. The number of guanidine groups is 1. The fourth-order valence-corrected chi connectivity index (χ4v) is 3.31. The number of aryl methyl sites for hydroxylation is 1. The summed E-state index contributed by atoms with van der Waals surface area (Å²) < 4.78 is 11.3. The lowest BCUT2D eigenvalue weighted by Gasteiger charge is -2.28. The first-order valence-corrected chi connectivity index (χ1v) is 8.42. The molecule has 0 radical (unpaired) electrons. The molecule has 10 heteroatoms. The summed E-state index contributed by atoms with van der Waals surface area (Å²) in [5, 5.41) is 23.8. The van der Waals surface area contributed by atoms with E-state index in [4.69, 9.17) is 26.2 Å². The maximum Gasteiger partial charge on any atom is 0.211 e. The van der Waals surface area contributed by atoms with Crippen LogP contribution in [0.2, 0.25) is 0 Å². The highest BCUT2D eigenvalue weighted by Crippen LogP contribution is 2.44. The van der Waals surface area contributed by atoms with Crippen LogP contribution >= 0.6 is 0 Å². The predicted molar refractivity (Wildman–Crippen MR) is 102 cm³/mol. The van der Waals surface area contributed by atoms with Crippen molar-refractivity contribution in [3.63, 3.8) is 0 Å². The number of nitrogens with one attached hydrogen (secondary N) is 2. The van der Waals surface area contributed by atoms with Gasteiger partial charge in [-0.25, -0.2) is 9.98 Å². The van der Waals surface area contributed by atoms with Crippen LogP contribution in [0.25, 0.3) is 0 Å². The summed E-state index contributed by atoms with van der Waals surface area (Å²) in [5.74, 6) is 1.79. The van der Waals surface area contributed by atoms with Crippen LogP contribution < -0.4 is 31.6 Å². The van der Waals surface area contributed by atoms with E-state index in [9.17, 15) is 5.26 Å². The van der Waals surface area contributed by atoms with Gasteiger partial charge in [-0.15, -0.1) is 0 Å². The predicted octanol–water partition coefficient (Wildman–Crippen LogP) is 1.14. The number of pyridine rings is 1. The van der Waals surface area contributed by atoms with Crippen molar-refractivity contribution in [3.8, 4) is 23.8 Å². The Kier molecular flexibility index (Phi) is 4.02. The van der Waals surface area contributed by atoms with Gasteiger partial charge in [0.1, 0.15) is 42.5 Å². The van der Waals surface area contributed by atoms with E-state index in [1.165, 1.54) is 0 Å². The lowest BCUT2D eigenvalue weighted by atomic mass is 9.92. The van der Waals surface area contributed by atoms with Gasteiger partial charge in [0.2, 0.25) is 5.96 Å². The number of nitriles is 2. The molecular weight excluding hydrogens is 360 g/mol. The Hall–Kier alpha value is -4.18. The first-order valence-electron chi connectivity index (χ1n) is 8.42. The zero-order chi connectivity index (χ0) is 19.8. The van der Waals surface area contributed by atoms with Crippen LogP contribution in [0.15, 0.2) is 17.1 Å². The highest BCUT2D eigenvalue weighted by molar-refractivity contribution is 5.98. The quantitative estimate of drug-likeness (QED) is 0.421. The number of ether oxygens (including phenoxy) is 2. The average Bonchev–Trinajstić information content (AvgIpc) is 2.67. The monoisotopic (exact) mass is 376 g/mol. The zero-order valence-corrected chi connectivity index (χ0v) is 14.9. The summed E-state index contributed by atoms with van der Waals surface area (Å²) >= 11 is 0. The average molecular weight is 376 g/mol. The number of nitrogens with zero attached hydrogens (tertiary/aromatic N) is 4. The maximum absolute atomic E-state index is 9.41. The summed E-state index contributed by atoms with van der Waals surface area (Å²) in [4.78, 5) is 8.81. The van der Waals surface area contributed by atoms with Crippen molar-refractivity contribution in [1.29, 1.82) is 10.5 Å². The molecule has 0 spiro atoms. The molecule has 0 aliphatic carbocycles. The van der Waals surface area contributed by atoms with Gasteiger partial charge in [-0.3, -0.25) is 5.32 Å². The van der Waals surface area contributed by atoms with Crippen LogP contribution in [0.1, 0.15) is 28.3 Å². The van der Waals surface area contributed by atoms with E-state index in [1.807, 2.05) is 31.3 Å². The molecule has 4 rings (SSSR count). The van der Waals surface area contributed by atoms with Gasteiger partial charge in [0.15, 0.2) is 17.7 Å². The SMILES string of the molecule is Cc1cc2c(cc1C1N=C(NC#N)Nc3nc(N)c(C#N)c(N)c31)OCCO2. The van der Waals surface area contributed by atoms with Crippen LogP contribution in [-0.4, -0.2) is 24.2 Å². The molecule has 6 N–H and O–H groups in total. The van der Waals surface area contributed by atoms with Crippen molar-refractivity contribution in [1.82, 2.24) is 10.3 Å². The standard InChI is InChI=1S/C18H16N8O2/c1-8-4-11-12(28-3-2-27-11)5-9(8)15-13-14(21)10(6-19)16(22)25-17(13)26-18(24-15)23-7-20/h4-5,15H,2-3H2,1H3,(H6,21,22,23,24,25,26). The van der Waals surface area contributed by atoms with E-state index in [1.54, 1.807) is 0 Å². The maximum atomic E-state index is 9.41. The molecule has 10 nitrogen and oxygen atoms in total. The highest BCUT2D eigenvalue weighted by atomic mass is 16.6. The summed E-state index contributed by atoms with van der Waals surface area (Å²) in [5.41, 5.74) is 14.6. The topological polar surface area (TPSA) is 167 Å². The van der Waals surface area contributed by atoms with E-state index < -0.39 is 6.04 Å². The Morgan fingerprint density at radius 1 is 1.21 bits per heavy atom. The van der Waals surface area contributed by atoms with Crippen molar-refractivity contribution >= 4 is 23.3 Å². The molecule has 140 valence electrons. The lowest BCUT2D eigenvalue weighted by molar-refractivity contribution is 0.171. The molecule has 1 aromatic carbocycles. The van der Waals surface area contributed by atoms with Crippen molar-refractivity contribution in [2.24, 2.45) is 4.99 Å². The lowest BCUT2D eigenvalue weighted by Crippen LogP contribution is -2.33. The Bertz CT molecular complexity index is 1100. The molecule has 0 bridgehead atoms. The summed E-state index contributed by atoms with van der Waals surface area (Å²) in [6.07, 6.45) is 1.83. The highest BCUT2D eigenvalue weighted by Gasteiger charge is 2.31. The molecule has 2 aliphatic rings. The van der Waals surface area contributed by atoms with Crippen molar-refractivity contribution < 1.29 is 9.47 Å². The minimum atomic E-state index is -0.622. The number of rotatable bonds is 1. The molecule has 3 heterocycles. The summed E-state index contributed by atoms with van der Waals surface area (Å²) in [7, 11) is 0. The number of nitrogen functional groups attached to an aromatic ring is 2. The van der Waals surface area contributed by atoms with Crippen LogP contribution in [0.3, 0.4) is 0 Å². The minimum absolute atomic E-state index is 0.00195. The summed E-state index contributed by atoms with van der Waals surface area (Å²) in [6, 6.07) is 5.06. The Morgan fingerprint density at radius 3 is 2.61 bits per heavy atom. The number of fused-ring (bicyclic) bond motifs is 2. The van der Waals surface area contributed by atoms with Crippen LogP contribution in [-0.2, 0) is 0 Å². The number of aromatic nitrogens is 1. The largest absolute Gasteiger partial charge is 0.486 e. The van der Waals surface area contributed by atoms with E-state index in [0.29, 0.717) is 36.1 Å². The van der Waals surface area contributed by atoms with Crippen molar-refractivity contribution in [3.05, 3.63) is 34.4 Å². The van der Waals surface area contributed by atoms with E-state index in [2.05, 4.69) is 20.6 Å². The normalized spacial score (nSPS) is 16.7. The number of benzene rings is 1. The first-order chi connectivity index (χ1) is 13.5. The van der Waals surface area contributed by atoms with Gasteiger partial charge in [-0.1, -0.05) is 0 Å². The molecule has 28 heavy (non-hydrogen) atoms. The Labute approximate surface area is 160 Å². The van der Waals surface area contributed by atoms with Crippen molar-refractivity contribution in [2.75, 3.05) is 30.0 Å². The smallest absolute Gasteiger partial charge is 0.211 e. The number of nitrogens with two attached hydrogens (primary N) is 2. The molecule has 2 aliphatic heterocycles. The molecular formula is C18H16N8O2. The van der Waals surface area contributed by atoms with Gasteiger partial charge in [0.25, 0.3) is 0 Å². The molecule has 0 fully saturated rings. The second-order valence-corrected chi connectivity index (χ2v) is 6.25. The molecule has 1 atom stereocenters. The van der Waals surface area contributed by atoms with Gasteiger partial charge in [0, 0.05) is 5.56 Å². The third-order valence-electron chi connectivity index (χ3n) is 4.58. The molecule has 0 saturated heterocycles. The second-order valence-electron chi connectivity index (χ2n) is 6.25. The van der Waals surface area contributed by atoms with E-state index >= 15 is 0 Å². The third kappa shape index (κ3) is 2.64. The van der Waals surface area contributed by atoms with E-state index in [-0.39, 0.29) is 23.0 Å². The van der Waals surface area contributed by atoms with Crippen molar-refractivity contribution in [2.45, 2.75) is 13.0 Å². The molecule has 2 aromatic rings. The zero-order valence-electron chi connectivity index (χ0n) is 14.9. The van der Waals surface area contributed by atoms with Crippen LogP contribution in [0, 0.1) is 29.7 Å². The fraction of sp³-hybridized carbons (Fsp3) is 0.222. The Morgan fingerprint density at radius 2 is 1.93 bits per heavy atom. The molecule has 0 amide bonds. The van der Waals surface area contributed by atoms with Crippen LogP contribution in [0.5, 0.6) is 11.5 Å². The third-order valence-corrected chi connectivity index (χ3v) is 4.58. The van der Waals surface area contributed by atoms with Gasteiger partial charge in [-0.05, 0) is 30.2 Å². The minimum Gasteiger partial charge on any atom is -0.486 e. The summed E-state index contributed by atoms with van der Waals surface area (Å²) in [6.45, 7) is 2.84. The van der Waals surface area contributed by atoms with Crippen LogP contribution in [0.4, 0.5) is 17.3 Å². The number of anilines is 3. The number of hydrogen-bond donors (Lipinski definition) is 4. The second kappa shape index (κ2) is 6.52. The van der Waals surface area contributed by atoms with Gasteiger partial charge < -0.3 is 26.3 Å². The van der Waals surface area contributed by atoms with Gasteiger partial charge >= 0.3 is 0 Å². The van der Waals surface area contributed by atoms with Gasteiger partial charge in [-0.2, -0.15) is 10.5 Å². The molecule has 0 saturated carbocycles. The number of hydrogen-bond acceptors (Lipinski definition) is 10. The van der Waals surface area contributed by atoms with E-state index in [0.717, 1.165) is 11.1 Å². The first kappa shape index (κ1) is 17.2. The molecule has 1 aromatic heterocycles. The Balaban J connectivity index is 1.94. The van der Waals surface area contributed by atoms with Gasteiger partial charge in [0.05, 0.1) is 5.69 Å². The number of aliphatic imine (C=N–C) groups is 1.